The maximum Gasteiger partial charge on any atom is 0.133 e. The lowest BCUT2D eigenvalue weighted by atomic mass is 10.2. The van der Waals surface area contributed by atoms with Crippen molar-refractivity contribution in [1.82, 2.24) is 4.57 Å². The van der Waals surface area contributed by atoms with Crippen LogP contribution in [0.3, 0.4) is 0 Å². The summed E-state index contributed by atoms with van der Waals surface area (Å²) in [5.41, 5.74) is 1.85. The van der Waals surface area contributed by atoms with Gasteiger partial charge in [-0.3, -0.25) is 0 Å². The number of aromatic nitrogens is 1. The predicted molar refractivity (Wildman–Crippen MR) is 74.5 cm³/mol. The van der Waals surface area contributed by atoms with Crippen LogP contribution in [-0.2, 0) is 0 Å². The van der Waals surface area contributed by atoms with E-state index in [4.69, 9.17) is 10.00 Å². The molecule has 0 radical (unpaired) electrons. The lowest BCUT2D eigenvalue weighted by molar-refractivity contribution is 0.415. The van der Waals surface area contributed by atoms with Gasteiger partial charge >= 0.3 is 0 Å². The van der Waals surface area contributed by atoms with Crippen molar-refractivity contribution in [3.63, 3.8) is 0 Å². The van der Waals surface area contributed by atoms with Crippen molar-refractivity contribution >= 4 is 10.9 Å². The summed E-state index contributed by atoms with van der Waals surface area (Å²) in [6.07, 6.45) is 1.65. The first-order valence-corrected chi connectivity index (χ1v) is 6.08. The second-order valence-corrected chi connectivity index (χ2v) is 4.36. The highest BCUT2D eigenvalue weighted by molar-refractivity contribution is 5.88. The molecule has 2 aromatic carbocycles. The number of ether oxygens (including phenoxy) is 1. The number of benzene rings is 2. The van der Waals surface area contributed by atoms with Crippen molar-refractivity contribution in [2.24, 2.45) is 0 Å². The largest absolute Gasteiger partial charge is 0.497 e. The Labute approximate surface area is 115 Å². The summed E-state index contributed by atoms with van der Waals surface area (Å²) >= 11 is 0. The van der Waals surface area contributed by atoms with Gasteiger partial charge in [-0.05, 0) is 36.4 Å². The minimum atomic E-state index is -0.383. The summed E-state index contributed by atoms with van der Waals surface area (Å²) in [5.74, 6) is 0.364. The molecule has 3 rings (SSSR count). The van der Waals surface area contributed by atoms with Crippen LogP contribution in [0.25, 0.3) is 16.6 Å². The first-order valence-electron chi connectivity index (χ1n) is 6.08. The quantitative estimate of drug-likeness (QED) is 0.710. The highest BCUT2D eigenvalue weighted by Gasteiger charge is 2.13. The number of halogens is 1. The third-order valence-electron chi connectivity index (χ3n) is 3.25. The van der Waals surface area contributed by atoms with Crippen molar-refractivity contribution in [2.45, 2.75) is 0 Å². The fourth-order valence-corrected chi connectivity index (χ4v) is 2.28. The van der Waals surface area contributed by atoms with E-state index in [2.05, 4.69) is 0 Å². The van der Waals surface area contributed by atoms with Gasteiger partial charge in [-0.2, -0.15) is 5.26 Å². The number of fused-ring (bicyclic) bond motifs is 1. The highest BCUT2D eigenvalue weighted by Crippen LogP contribution is 2.27. The molecule has 3 aromatic rings. The molecule has 0 unspecified atom stereocenters. The maximum absolute atomic E-state index is 13.9. The zero-order chi connectivity index (χ0) is 14.1. The average Bonchev–Trinajstić information content (AvgIpc) is 2.87. The van der Waals surface area contributed by atoms with Gasteiger partial charge in [0.15, 0.2) is 0 Å². The van der Waals surface area contributed by atoms with Crippen LogP contribution in [0.5, 0.6) is 5.75 Å². The molecule has 98 valence electrons. The number of hydrogen-bond acceptors (Lipinski definition) is 2. The molecular weight excluding hydrogens is 255 g/mol. The Morgan fingerprint density at radius 2 is 1.90 bits per heavy atom. The summed E-state index contributed by atoms with van der Waals surface area (Å²) < 4.78 is 20.8. The molecule has 0 aliphatic rings. The maximum atomic E-state index is 13.9. The topological polar surface area (TPSA) is 38.0 Å². The summed E-state index contributed by atoms with van der Waals surface area (Å²) in [6, 6.07) is 14.2. The fraction of sp³-hybridized carbons (Fsp3) is 0.0625. The predicted octanol–water partition coefficient (Wildman–Crippen LogP) is 3.65. The Kier molecular flexibility index (Phi) is 2.88. The van der Waals surface area contributed by atoms with Gasteiger partial charge in [0.2, 0.25) is 0 Å². The molecule has 1 heterocycles. The van der Waals surface area contributed by atoms with Crippen molar-refractivity contribution in [2.75, 3.05) is 7.11 Å². The molecule has 0 fully saturated rings. The Morgan fingerprint density at radius 3 is 2.55 bits per heavy atom. The molecule has 0 saturated carbocycles. The van der Waals surface area contributed by atoms with E-state index in [-0.39, 0.29) is 5.82 Å². The van der Waals surface area contributed by atoms with Crippen LogP contribution >= 0.6 is 0 Å². The van der Waals surface area contributed by atoms with Crippen molar-refractivity contribution in [3.8, 4) is 17.5 Å². The van der Waals surface area contributed by atoms with Crippen LogP contribution in [-0.4, -0.2) is 11.7 Å². The van der Waals surface area contributed by atoms with Crippen LogP contribution < -0.4 is 4.74 Å². The molecule has 0 amide bonds. The Balaban J connectivity index is 2.26. The third kappa shape index (κ3) is 1.81. The fourth-order valence-electron chi connectivity index (χ4n) is 2.28. The first-order chi connectivity index (χ1) is 9.74. The van der Waals surface area contributed by atoms with Crippen molar-refractivity contribution in [3.05, 3.63) is 60.0 Å². The van der Waals surface area contributed by atoms with Crippen LogP contribution in [0.4, 0.5) is 4.39 Å². The molecule has 0 aliphatic heterocycles. The Bertz CT molecular complexity index is 813. The molecule has 0 atom stereocenters. The summed E-state index contributed by atoms with van der Waals surface area (Å²) in [6.45, 7) is 0. The minimum Gasteiger partial charge on any atom is -0.497 e. The number of nitrogens with zero attached hydrogens (tertiary/aromatic N) is 2. The monoisotopic (exact) mass is 266 g/mol. The Morgan fingerprint density at radius 1 is 1.15 bits per heavy atom. The standard InChI is InChI=1S/C16H11FN2O/c1-20-13-7-5-12(6-8-13)19-10-11(9-18)16-14(17)3-2-4-15(16)19/h2-8,10H,1H3. The smallest absolute Gasteiger partial charge is 0.133 e. The minimum absolute atomic E-state index is 0.328. The van der Waals surface area contributed by atoms with Crippen LogP contribution in [0.2, 0.25) is 0 Å². The number of hydrogen-bond donors (Lipinski definition) is 0. The second kappa shape index (κ2) is 4.71. The van der Waals surface area contributed by atoms with Crippen molar-refractivity contribution in [1.29, 1.82) is 5.26 Å². The van der Waals surface area contributed by atoms with E-state index in [9.17, 15) is 4.39 Å². The molecular formula is C16H11FN2O. The molecule has 0 spiro atoms. The van der Waals surface area contributed by atoms with E-state index in [1.54, 1.807) is 30.0 Å². The SMILES string of the molecule is COc1ccc(-n2cc(C#N)c3c(F)cccc32)cc1. The summed E-state index contributed by atoms with van der Waals surface area (Å²) in [5, 5.41) is 9.51. The molecule has 0 aliphatic carbocycles. The zero-order valence-electron chi connectivity index (χ0n) is 10.8. The molecule has 3 nitrogen and oxygen atoms in total. The van der Waals surface area contributed by atoms with E-state index in [0.717, 1.165) is 11.4 Å². The summed E-state index contributed by atoms with van der Waals surface area (Å²) in [7, 11) is 1.60. The van der Waals surface area contributed by atoms with Gasteiger partial charge in [0.05, 0.1) is 23.6 Å². The van der Waals surface area contributed by atoms with E-state index >= 15 is 0 Å². The van der Waals surface area contributed by atoms with E-state index in [1.165, 1.54) is 6.07 Å². The average molecular weight is 266 g/mol. The normalized spacial score (nSPS) is 10.4. The lowest BCUT2D eigenvalue weighted by Gasteiger charge is -2.06. The van der Waals surface area contributed by atoms with E-state index in [0.29, 0.717) is 16.5 Å². The van der Waals surface area contributed by atoms with Crippen molar-refractivity contribution < 1.29 is 9.13 Å². The lowest BCUT2D eigenvalue weighted by Crippen LogP contribution is -1.92. The van der Waals surface area contributed by atoms with Gasteiger partial charge < -0.3 is 9.30 Å². The van der Waals surface area contributed by atoms with Gasteiger partial charge in [0, 0.05) is 11.9 Å². The van der Waals surface area contributed by atoms with Crippen LogP contribution in [0.15, 0.2) is 48.7 Å². The highest BCUT2D eigenvalue weighted by atomic mass is 19.1. The molecule has 20 heavy (non-hydrogen) atoms. The van der Waals surface area contributed by atoms with Gasteiger partial charge in [0.1, 0.15) is 17.6 Å². The molecule has 0 N–H and O–H groups in total. The van der Waals surface area contributed by atoms with Crippen LogP contribution in [0.1, 0.15) is 5.56 Å². The molecule has 1 aromatic heterocycles. The zero-order valence-corrected chi connectivity index (χ0v) is 10.8. The molecule has 0 saturated heterocycles. The van der Waals surface area contributed by atoms with Crippen LogP contribution in [0, 0.1) is 17.1 Å². The van der Waals surface area contributed by atoms with E-state index < -0.39 is 0 Å². The van der Waals surface area contributed by atoms with Gasteiger partial charge in [-0.1, -0.05) is 6.07 Å². The van der Waals surface area contributed by atoms with E-state index in [1.807, 2.05) is 30.3 Å². The number of methoxy groups -OCH3 is 1. The number of rotatable bonds is 2. The second-order valence-electron chi connectivity index (χ2n) is 4.36. The van der Waals surface area contributed by atoms with Gasteiger partial charge in [-0.15, -0.1) is 0 Å². The third-order valence-corrected chi connectivity index (χ3v) is 3.25. The van der Waals surface area contributed by atoms with Gasteiger partial charge in [-0.25, -0.2) is 4.39 Å². The Hall–Kier alpha value is -2.80. The van der Waals surface area contributed by atoms with Gasteiger partial charge in [0.25, 0.3) is 0 Å². The summed E-state index contributed by atoms with van der Waals surface area (Å²) in [4.78, 5) is 0. The molecule has 4 heteroatoms. The number of nitriles is 1. The first kappa shape index (κ1) is 12.2. The molecule has 0 bridgehead atoms.